The van der Waals surface area contributed by atoms with Gasteiger partial charge in [0.25, 0.3) is 0 Å². The van der Waals surface area contributed by atoms with Crippen LogP contribution in [0.15, 0.2) is 4.42 Å². The highest BCUT2D eigenvalue weighted by Crippen LogP contribution is 2.23. The molecule has 1 N–H and O–H groups in total. The van der Waals surface area contributed by atoms with Gasteiger partial charge in [-0.25, -0.2) is 4.98 Å². The molecule has 0 saturated heterocycles. The summed E-state index contributed by atoms with van der Waals surface area (Å²) < 4.78 is 5.70. The van der Waals surface area contributed by atoms with Crippen molar-refractivity contribution < 1.29 is 14.0 Å². The molecule has 0 aliphatic carbocycles. The van der Waals surface area contributed by atoms with Crippen molar-refractivity contribution in [3.8, 4) is 0 Å². The van der Waals surface area contributed by atoms with Gasteiger partial charge in [-0.05, 0) is 0 Å². The van der Waals surface area contributed by atoms with Crippen LogP contribution in [0.3, 0.4) is 0 Å². The van der Waals surface area contributed by atoms with Crippen LogP contribution in [0.25, 0.3) is 0 Å². The Labute approximate surface area is 118 Å². The predicted octanol–water partition coefficient (Wildman–Crippen LogP) is 1.21. The van der Waals surface area contributed by atoms with Crippen LogP contribution in [-0.2, 0) is 22.6 Å². The van der Waals surface area contributed by atoms with Crippen LogP contribution in [0.4, 0.5) is 0 Å². The molecule has 2 amide bonds. The van der Waals surface area contributed by atoms with Crippen molar-refractivity contribution in [2.75, 3.05) is 13.1 Å². The Morgan fingerprint density at radius 1 is 1.45 bits per heavy atom. The lowest BCUT2D eigenvalue weighted by atomic mass is 10.1. The molecule has 0 unspecified atom stereocenters. The zero-order valence-electron chi connectivity index (χ0n) is 12.2. The van der Waals surface area contributed by atoms with Crippen LogP contribution in [0.1, 0.15) is 50.5 Å². The Morgan fingerprint density at radius 2 is 2.20 bits per heavy atom. The van der Waals surface area contributed by atoms with E-state index in [2.05, 4.69) is 10.3 Å². The first-order chi connectivity index (χ1) is 9.47. The van der Waals surface area contributed by atoms with E-state index in [1.54, 1.807) is 4.90 Å². The number of carbonyl (C=O) groups is 2. The van der Waals surface area contributed by atoms with E-state index in [4.69, 9.17) is 4.42 Å². The summed E-state index contributed by atoms with van der Waals surface area (Å²) >= 11 is 0. The van der Waals surface area contributed by atoms with Gasteiger partial charge in [0.1, 0.15) is 11.5 Å². The molecule has 0 saturated carbocycles. The molecule has 1 aliphatic heterocycles. The molecule has 6 nitrogen and oxygen atoms in total. The Hall–Kier alpha value is -1.85. The van der Waals surface area contributed by atoms with Crippen LogP contribution in [0.5, 0.6) is 0 Å². The molecule has 20 heavy (non-hydrogen) atoms. The Morgan fingerprint density at radius 3 is 2.85 bits per heavy atom. The molecule has 1 aliphatic rings. The Bertz CT molecular complexity index is 508. The molecule has 6 heteroatoms. The topological polar surface area (TPSA) is 75.4 Å². The fourth-order valence-electron chi connectivity index (χ4n) is 2.18. The van der Waals surface area contributed by atoms with E-state index in [1.807, 2.05) is 13.8 Å². The van der Waals surface area contributed by atoms with Crippen molar-refractivity contribution in [3.05, 3.63) is 17.3 Å². The number of rotatable bonds is 4. The molecule has 0 spiro atoms. The highest BCUT2D eigenvalue weighted by molar-refractivity contribution is 5.78. The smallest absolute Gasteiger partial charge is 0.224 e. The van der Waals surface area contributed by atoms with E-state index in [-0.39, 0.29) is 17.7 Å². The van der Waals surface area contributed by atoms with E-state index in [0.717, 1.165) is 17.3 Å². The fraction of sp³-hybridized carbons (Fsp3) is 0.643. The number of nitrogens with zero attached hydrogens (tertiary/aromatic N) is 2. The summed E-state index contributed by atoms with van der Waals surface area (Å²) in [5.74, 6) is 1.82. The van der Waals surface area contributed by atoms with Crippen LogP contribution in [0, 0.1) is 0 Å². The van der Waals surface area contributed by atoms with Crippen molar-refractivity contribution in [1.82, 2.24) is 15.2 Å². The summed E-state index contributed by atoms with van der Waals surface area (Å²) in [6, 6.07) is 0. The summed E-state index contributed by atoms with van der Waals surface area (Å²) in [5.41, 5.74) is 0.868. The van der Waals surface area contributed by atoms with Crippen molar-refractivity contribution in [3.63, 3.8) is 0 Å². The molecule has 2 heterocycles. The first-order valence-corrected chi connectivity index (χ1v) is 6.98. The number of nitrogens with one attached hydrogen (secondary N) is 1. The number of carbonyl (C=O) groups excluding carboxylic acids is 2. The molecular formula is C14H21N3O3. The van der Waals surface area contributed by atoms with E-state index in [9.17, 15) is 9.59 Å². The first kappa shape index (κ1) is 14.6. The maximum absolute atomic E-state index is 12.0. The molecule has 0 atom stereocenters. The second-order valence-electron chi connectivity index (χ2n) is 5.37. The maximum Gasteiger partial charge on any atom is 0.224 e. The third-order valence-corrected chi connectivity index (χ3v) is 3.30. The highest BCUT2D eigenvalue weighted by Gasteiger charge is 2.25. The van der Waals surface area contributed by atoms with E-state index in [0.29, 0.717) is 32.5 Å². The van der Waals surface area contributed by atoms with Gasteiger partial charge in [0.05, 0.1) is 6.54 Å². The van der Waals surface area contributed by atoms with Gasteiger partial charge in [-0.2, -0.15) is 0 Å². The SMILES string of the molecule is CC(=O)NCCC(=O)N1CCc2oc(C(C)C)nc2C1. The largest absolute Gasteiger partial charge is 0.445 e. The van der Waals surface area contributed by atoms with Gasteiger partial charge in [-0.1, -0.05) is 13.8 Å². The summed E-state index contributed by atoms with van der Waals surface area (Å²) in [6.45, 7) is 7.05. The van der Waals surface area contributed by atoms with Crippen molar-refractivity contribution in [1.29, 1.82) is 0 Å². The minimum absolute atomic E-state index is 0.0403. The van der Waals surface area contributed by atoms with Gasteiger partial charge in [-0.3, -0.25) is 9.59 Å². The standard InChI is InChI=1S/C14H21N3O3/c1-9(2)14-16-11-8-17(7-5-12(11)20-14)13(19)4-6-15-10(3)18/h9H,4-8H2,1-3H3,(H,15,18). The molecule has 1 aromatic heterocycles. The highest BCUT2D eigenvalue weighted by atomic mass is 16.4. The molecule has 2 rings (SSSR count). The van der Waals surface area contributed by atoms with Gasteiger partial charge >= 0.3 is 0 Å². The van der Waals surface area contributed by atoms with Gasteiger partial charge in [0.2, 0.25) is 11.8 Å². The average Bonchev–Trinajstić information content (AvgIpc) is 2.81. The van der Waals surface area contributed by atoms with Gasteiger partial charge in [-0.15, -0.1) is 0 Å². The summed E-state index contributed by atoms with van der Waals surface area (Å²) in [5, 5.41) is 2.63. The fourth-order valence-corrected chi connectivity index (χ4v) is 2.18. The number of hydrogen-bond acceptors (Lipinski definition) is 4. The zero-order valence-corrected chi connectivity index (χ0v) is 12.2. The van der Waals surface area contributed by atoms with Crippen molar-refractivity contribution in [2.24, 2.45) is 0 Å². The average molecular weight is 279 g/mol. The van der Waals surface area contributed by atoms with E-state index < -0.39 is 0 Å². The lowest BCUT2D eigenvalue weighted by molar-refractivity contribution is -0.132. The molecule has 0 radical (unpaired) electrons. The minimum Gasteiger partial charge on any atom is -0.445 e. The normalized spacial score (nSPS) is 14.3. The number of fused-ring (bicyclic) bond motifs is 1. The van der Waals surface area contributed by atoms with Crippen LogP contribution in [0.2, 0.25) is 0 Å². The first-order valence-electron chi connectivity index (χ1n) is 6.98. The molecule has 0 bridgehead atoms. The minimum atomic E-state index is -0.114. The van der Waals surface area contributed by atoms with Crippen LogP contribution < -0.4 is 5.32 Å². The Kier molecular flexibility index (Phi) is 4.42. The molecular weight excluding hydrogens is 258 g/mol. The number of amides is 2. The molecule has 1 aromatic rings. The van der Waals surface area contributed by atoms with Crippen molar-refractivity contribution >= 4 is 11.8 Å². The maximum atomic E-state index is 12.0. The monoisotopic (exact) mass is 279 g/mol. The van der Waals surface area contributed by atoms with E-state index >= 15 is 0 Å². The number of hydrogen-bond donors (Lipinski definition) is 1. The van der Waals surface area contributed by atoms with Gasteiger partial charge < -0.3 is 14.6 Å². The quantitative estimate of drug-likeness (QED) is 0.899. The number of oxazole rings is 1. The van der Waals surface area contributed by atoms with Gasteiger partial charge in [0, 0.05) is 38.8 Å². The van der Waals surface area contributed by atoms with Gasteiger partial charge in [0.15, 0.2) is 5.89 Å². The van der Waals surface area contributed by atoms with E-state index in [1.165, 1.54) is 6.92 Å². The number of aromatic nitrogens is 1. The Balaban J connectivity index is 1.93. The molecule has 0 aromatic carbocycles. The summed E-state index contributed by atoms with van der Waals surface area (Å²) in [7, 11) is 0. The lowest BCUT2D eigenvalue weighted by Crippen LogP contribution is -2.37. The summed E-state index contributed by atoms with van der Waals surface area (Å²) in [6.07, 6.45) is 1.03. The molecule has 110 valence electrons. The lowest BCUT2D eigenvalue weighted by Gasteiger charge is -2.25. The molecule has 0 fully saturated rings. The summed E-state index contributed by atoms with van der Waals surface area (Å²) in [4.78, 5) is 29.1. The second-order valence-corrected chi connectivity index (χ2v) is 5.37. The zero-order chi connectivity index (χ0) is 14.7. The second kappa shape index (κ2) is 6.07. The van der Waals surface area contributed by atoms with Crippen molar-refractivity contribution in [2.45, 2.75) is 46.1 Å². The van der Waals surface area contributed by atoms with Crippen LogP contribution >= 0.6 is 0 Å². The van der Waals surface area contributed by atoms with Crippen LogP contribution in [-0.4, -0.2) is 34.8 Å². The predicted molar refractivity (Wildman–Crippen MR) is 73.0 cm³/mol. The third kappa shape index (κ3) is 3.37. The third-order valence-electron chi connectivity index (χ3n) is 3.30.